The molecule has 0 amide bonds. The number of aromatic amines is 1. The van der Waals surface area contributed by atoms with Gasteiger partial charge in [-0.3, -0.25) is 4.79 Å². The molecular formula is C11H17N3O3. The largest absolute Gasteiger partial charge is 0.489 e. The van der Waals surface area contributed by atoms with Gasteiger partial charge >= 0.3 is 0 Å². The number of anilines is 1. The van der Waals surface area contributed by atoms with Gasteiger partial charge in [-0.1, -0.05) is 12.8 Å². The number of nitrogens with zero attached hydrogens (tertiary/aromatic N) is 1. The summed E-state index contributed by atoms with van der Waals surface area (Å²) in [6, 6.07) is 0. The van der Waals surface area contributed by atoms with Gasteiger partial charge in [-0.05, 0) is 12.8 Å². The van der Waals surface area contributed by atoms with E-state index in [0.717, 1.165) is 25.7 Å². The van der Waals surface area contributed by atoms with Gasteiger partial charge in [-0.2, -0.15) is 0 Å². The highest BCUT2D eigenvalue weighted by molar-refractivity contribution is 5.48. The van der Waals surface area contributed by atoms with Crippen molar-refractivity contribution in [3.05, 3.63) is 16.7 Å². The van der Waals surface area contributed by atoms with Crippen molar-refractivity contribution in [3.8, 4) is 5.75 Å². The number of aromatic nitrogens is 2. The van der Waals surface area contributed by atoms with E-state index in [9.17, 15) is 9.90 Å². The zero-order chi connectivity index (χ0) is 12.3. The lowest BCUT2D eigenvalue weighted by atomic mass is 10.0. The molecule has 0 radical (unpaired) electrons. The Morgan fingerprint density at radius 2 is 2.29 bits per heavy atom. The van der Waals surface area contributed by atoms with Gasteiger partial charge in [0.15, 0.2) is 5.82 Å². The van der Waals surface area contributed by atoms with Crippen LogP contribution >= 0.6 is 0 Å². The zero-order valence-electron chi connectivity index (χ0n) is 9.82. The van der Waals surface area contributed by atoms with Crippen molar-refractivity contribution in [3.63, 3.8) is 0 Å². The predicted molar refractivity (Wildman–Crippen MR) is 63.3 cm³/mol. The van der Waals surface area contributed by atoms with Crippen LogP contribution in [0.25, 0.3) is 0 Å². The molecule has 0 unspecified atom stereocenters. The van der Waals surface area contributed by atoms with E-state index in [4.69, 9.17) is 4.74 Å². The minimum absolute atomic E-state index is 0.147. The normalized spacial score (nSPS) is 18.0. The summed E-state index contributed by atoms with van der Waals surface area (Å²) in [6.07, 6.45) is 4.96. The minimum Gasteiger partial charge on any atom is -0.489 e. The molecule has 0 saturated heterocycles. The van der Waals surface area contributed by atoms with Gasteiger partial charge in [0.2, 0.25) is 5.75 Å². The number of aliphatic hydroxyl groups is 1. The first kappa shape index (κ1) is 11.9. The molecule has 1 heterocycles. The quantitative estimate of drug-likeness (QED) is 0.712. The van der Waals surface area contributed by atoms with E-state index < -0.39 is 5.60 Å². The Bertz CT molecular complexity index is 438. The lowest BCUT2D eigenvalue weighted by molar-refractivity contribution is 0.0613. The van der Waals surface area contributed by atoms with E-state index in [1.54, 1.807) is 0 Å². The highest BCUT2D eigenvalue weighted by Crippen LogP contribution is 2.29. The molecule has 6 nitrogen and oxygen atoms in total. The summed E-state index contributed by atoms with van der Waals surface area (Å²) in [5.74, 6) is 0.519. The highest BCUT2D eigenvalue weighted by atomic mass is 16.5. The topological polar surface area (TPSA) is 87.2 Å². The summed E-state index contributed by atoms with van der Waals surface area (Å²) in [7, 11) is 1.42. The minimum atomic E-state index is -0.685. The average molecular weight is 239 g/mol. The number of hydrogen-bond donors (Lipinski definition) is 3. The molecule has 17 heavy (non-hydrogen) atoms. The maximum absolute atomic E-state index is 11.4. The maximum Gasteiger partial charge on any atom is 0.295 e. The lowest BCUT2D eigenvalue weighted by Crippen LogP contribution is -2.34. The predicted octanol–water partition coefficient (Wildman–Crippen LogP) is 0.495. The summed E-state index contributed by atoms with van der Waals surface area (Å²) < 4.78 is 4.97. The van der Waals surface area contributed by atoms with Crippen LogP contribution < -0.4 is 15.6 Å². The van der Waals surface area contributed by atoms with Crippen LogP contribution in [0, 0.1) is 0 Å². The monoisotopic (exact) mass is 239 g/mol. The third kappa shape index (κ3) is 2.58. The van der Waals surface area contributed by atoms with Crippen molar-refractivity contribution in [2.24, 2.45) is 0 Å². The Kier molecular flexibility index (Phi) is 3.33. The van der Waals surface area contributed by atoms with Crippen LogP contribution in [0.15, 0.2) is 11.1 Å². The molecule has 1 aromatic rings. The van der Waals surface area contributed by atoms with Gasteiger partial charge in [0, 0.05) is 6.54 Å². The van der Waals surface area contributed by atoms with E-state index in [1.165, 1.54) is 13.4 Å². The molecule has 1 aliphatic rings. The van der Waals surface area contributed by atoms with E-state index >= 15 is 0 Å². The molecular weight excluding hydrogens is 222 g/mol. The van der Waals surface area contributed by atoms with Gasteiger partial charge in [0.1, 0.15) is 0 Å². The average Bonchev–Trinajstić information content (AvgIpc) is 2.74. The molecule has 0 aromatic carbocycles. The summed E-state index contributed by atoms with van der Waals surface area (Å²) in [6.45, 7) is 0.389. The first-order chi connectivity index (χ1) is 8.14. The van der Waals surface area contributed by atoms with Gasteiger partial charge in [-0.15, -0.1) is 0 Å². The molecule has 3 N–H and O–H groups in total. The van der Waals surface area contributed by atoms with Crippen LogP contribution in [0.4, 0.5) is 5.82 Å². The van der Waals surface area contributed by atoms with Crippen molar-refractivity contribution in [2.75, 3.05) is 19.0 Å². The van der Waals surface area contributed by atoms with Crippen LogP contribution in [0.1, 0.15) is 25.7 Å². The van der Waals surface area contributed by atoms with Crippen LogP contribution in [0.3, 0.4) is 0 Å². The Morgan fingerprint density at radius 3 is 2.94 bits per heavy atom. The highest BCUT2D eigenvalue weighted by Gasteiger charge is 2.31. The van der Waals surface area contributed by atoms with Crippen LogP contribution in [-0.4, -0.2) is 34.3 Å². The third-order valence-electron chi connectivity index (χ3n) is 3.13. The Morgan fingerprint density at radius 1 is 1.59 bits per heavy atom. The number of rotatable bonds is 4. The van der Waals surface area contributed by atoms with E-state index in [-0.39, 0.29) is 11.3 Å². The van der Waals surface area contributed by atoms with Crippen molar-refractivity contribution < 1.29 is 9.84 Å². The van der Waals surface area contributed by atoms with Gasteiger partial charge in [-0.25, -0.2) is 4.98 Å². The molecule has 94 valence electrons. The number of nitrogens with one attached hydrogen (secondary N) is 2. The molecule has 1 saturated carbocycles. The number of ether oxygens (including phenoxy) is 1. The summed E-state index contributed by atoms with van der Waals surface area (Å²) in [5.41, 5.74) is -1.02. The molecule has 1 fully saturated rings. The molecule has 6 heteroatoms. The number of H-pyrrole nitrogens is 1. The third-order valence-corrected chi connectivity index (χ3v) is 3.13. The van der Waals surface area contributed by atoms with Gasteiger partial charge in [0.05, 0.1) is 19.0 Å². The van der Waals surface area contributed by atoms with Gasteiger partial charge in [0.25, 0.3) is 5.56 Å². The number of hydrogen-bond acceptors (Lipinski definition) is 5. The molecule has 2 rings (SSSR count). The molecule has 0 atom stereocenters. The van der Waals surface area contributed by atoms with Crippen LogP contribution in [-0.2, 0) is 0 Å². The molecule has 0 bridgehead atoms. The van der Waals surface area contributed by atoms with Crippen molar-refractivity contribution >= 4 is 5.82 Å². The molecule has 0 aliphatic heterocycles. The maximum atomic E-state index is 11.4. The SMILES string of the molecule is COc1c(NCC2(O)CCCC2)nc[nH]c1=O. The van der Waals surface area contributed by atoms with Crippen molar-refractivity contribution in [1.82, 2.24) is 9.97 Å². The summed E-state index contributed by atoms with van der Waals surface area (Å²) in [4.78, 5) is 17.9. The number of methoxy groups -OCH3 is 1. The zero-order valence-corrected chi connectivity index (χ0v) is 9.82. The first-order valence-corrected chi connectivity index (χ1v) is 5.72. The molecule has 1 aromatic heterocycles. The van der Waals surface area contributed by atoms with Crippen molar-refractivity contribution in [2.45, 2.75) is 31.3 Å². The second-order valence-corrected chi connectivity index (χ2v) is 4.40. The Hall–Kier alpha value is -1.56. The van der Waals surface area contributed by atoms with E-state index in [1.807, 2.05) is 0 Å². The molecule has 1 aliphatic carbocycles. The summed E-state index contributed by atoms with van der Waals surface area (Å²) >= 11 is 0. The van der Waals surface area contributed by atoms with Crippen molar-refractivity contribution in [1.29, 1.82) is 0 Å². The van der Waals surface area contributed by atoms with E-state index in [0.29, 0.717) is 12.4 Å². The summed E-state index contributed by atoms with van der Waals surface area (Å²) in [5, 5.41) is 13.1. The fourth-order valence-corrected chi connectivity index (χ4v) is 2.16. The second kappa shape index (κ2) is 4.75. The molecule has 0 spiro atoms. The fraction of sp³-hybridized carbons (Fsp3) is 0.636. The van der Waals surface area contributed by atoms with E-state index in [2.05, 4.69) is 15.3 Å². The van der Waals surface area contributed by atoms with Crippen LogP contribution in [0.5, 0.6) is 5.75 Å². The van der Waals surface area contributed by atoms with Crippen LogP contribution in [0.2, 0.25) is 0 Å². The first-order valence-electron chi connectivity index (χ1n) is 5.72. The Labute approximate surface area is 99.0 Å². The standard InChI is InChI=1S/C11H17N3O3/c1-17-8-9(13-7-14-10(8)15)12-6-11(16)4-2-3-5-11/h7,16H,2-6H2,1H3,(H2,12,13,14,15). The Balaban J connectivity index is 2.08. The smallest absolute Gasteiger partial charge is 0.295 e. The lowest BCUT2D eigenvalue weighted by Gasteiger charge is -2.22. The fourth-order valence-electron chi connectivity index (χ4n) is 2.16. The second-order valence-electron chi connectivity index (χ2n) is 4.40. The van der Waals surface area contributed by atoms with Gasteiger partial charge < -0.3 is 20.1 Å².